The van der Waals surface area contributed by atoms with Crippen molar-refractivity contribution < 1.29 is 9.53 Å². The van der Waals surface area contributed by atoms with E-state index in [1.807, 2.05) is 44.7 Å². The third kappa shape index (κ3) is 2.69. The maximum Gasteiger partial charge on any atom is 0.225 e. The minimum absolute atomic E-state index is 0.0265. The Bertz CT molecular complexity index is 629. The van der Waals surface area contributed by atoms with Gasteiger partial charge in [-0.3, -0.25) is 4.79 Å². The van der Waals surface area contributed by atoms with Crippen molar-refractivity contribution in [1.29, 1.82) is 0 Å². The highest BCUT2D eigenvalue weighted by atomic mass is 16.5. The van der Waals surface area contributed by atoms with E-state index in [0.717, 1.165) is 35.9 Å². The second-order valence-corrected chi connectivity index (χ2v) is 7.27. The Balaban J connectivity index is 2.00. The average molecular weight is 318 g/mol. The van der Waals surface area contributed by atoms with E-state index in [9.17, 15) is 4.79 Å². The Kier molecular flexibility index (Phi) is 4.04. The zero-order valence-corrected chi connectivity index (χ0v) is 14.7. The number of hydrogen-bond acceptors (Lipinski definition) is 5. The smallest absolute Gasteiger partial charge is 0.225 e. The topological polar surface area (TPSA) is 58.6 Å². The molecule has 1 saturated heterocycles. The highest BCUT2D eigenvalue weighted by Gasteiger charge is 2.47. The molecular formula is C17H26N4O2. The summed E-state index contributed by atoms with van der Waals surface area (Å²) in [5.74, 6) is 0.974. The van der Waals surface area contributed by atoms with Gasteiger partial charge in [0.25, 0.3) is 0 Å². The van der Waals surface area contributed by atoms with Gasteiger partial charge >= 0.3 is 0 Å². The molecule has 3 rings (SSSR count). The lowest BCUT2D eigenvalue weighted by atomic mass is 9.80. The summed E-state index contributed by atoms with van der Waals surface area (Å²) in [6.07, 6.45) is 0.905. The molecule has 126 valence electrons. The largest absolute Gasteiger partial charge is 0.376 e. The molecule has 1 aromatic heterocycles. The number of hydrogen-bond donors (Lipinski definition) is 0. The van der Waals surface area contributed by atoms with Crippen LogP contribution in [0.4, 0.5) is 5.95 Å². The Morgan fingerprint density at radius 2 is 2.09 bits per heavy atom. The number of carbonyl (C=O) groups excluding carboxylic acids is 1. The van der Waals surface area contributed by atoms with Crippen LogP contribution in [0.1, 0.15) is 37.2 Å². The predicted octanol–water partition coefficient (Wildman–Crippen LogP) is 1.51. The summed E-state index contributed by atoms with van der Waals surface area (Å²) in [7, 11) is 3.91. The summed E-state index contributed by atoms with van der Waals surface area (Å²) < 4.78 is 5.87. The number of anilines is 1. The van der Waals surface area contributed by atoms with Gasteiger partial charge in [-0.25, -0.2) is 9.97 Å². The average Bonchev–Trinajstić information content (AvgIpc) is 2.92. The van der Waals surface area contributed by atoms with Crippen molar-refractivity contribution in [2.45, 2.75) is 39.2 Å². The van der Waals surface area contributed by atoms with Crippen LogP contribution in [-0.4, -0.2) is 54.6 Å². The van der Waals surface area contributed by atoms with Crippen molar-refractivity contribution in [3.63, 3.8) is 0 Å². The van der Waals surface area contributed by atoms with Crippen molar-refractivity contribution in [1.82, 2.24) is 14.9 Å². The molecule has 23 heavy (non-hydrogen) atoms. The molecule has 2 aliphatic rings. The predicted molar refractivity (Wildman–Crippen MR) is 88.5 cm³/mol. The van der Waals surface area contributed by atoms with Crippen molar-refractivity contribution >= 4 is 11.9 Å². The molecule has 0 bridgehead atoms. The first kappa shape index (κ1) is 16.2. The van der Waals surface area contributed by atoms with Crippen LogP contribution in [0.3, 0.4) is 0 Å². The summed E-state index contributed by atoms with van der Waals surface area (Å²) in [5, 5.41) is 0. The van der Waals surface area contributed by atoms with Gasteiger partial charge in [0, 0.05) is 44.4 Å². The lowest BCUT2D eigenvalue weighted by Crippen LogP contribution is -2.43. The van der Waals surface area contributed by atoms with E-state index in [2.05, 4.69) is 4.98 Å². The Morgan fingerprint density at radius 1 is 1.35 bits per heavy atom. The van der Waals surface area contributed by atoms with Crippen molar-refractivity contribution in [2.75, 3.05) is 38.7 Å². The van der Waals surface area contributed by atoms with E-state index in [0.29, 0.717) is 19.8 Å². The van der Waals surface area contributed by atoms with Gasteiger partial charge in [0.1, 0.15) is 0 Å². The number of nitrogens with zero attached hydrogens (tertiary/aromatic N) is 4. The fourth-order valence-electron chi connectivity index (χ4n) is 3.55. The number of aromatic nitrogens is 2. The molecule has 0 unspecified atom stereocenters. The van der Waals surface area contributed by atoms with Crippen molar-refractivity contribution in [2.24, 2.45) is 5.92 Å². The Hall–Kier alpha value is -1.69. The summed E-state index contributed by atoms with van der Waals surface area (Å²) in [5.41, 5.74) is 2.97. The Labute approximate surface area is 137 Å². The first-order valence-corrected chi connectivity index (χ1v) is 8.26. The molecule has 3 heterocycles. The molecule has 6 nitrogen and oxygen atoms in total. The number of ether oxygens (including phenoxy) is 1. The van der Waals surface area contributed by atoms with Crippen LogP contribution in [-0.2, 0) is 21.6 Å². The van der Waals surface area contributed by atoms with Crippen LogP contribution < -0.4 is 4.90 Å². The minimum atomic E-state index is -0.184. The second-order valence-electron chi connectivity index (χ2n) is 7.27. The summed E-state index contributed by atoms with van der Waals surface area (Å²) >= 11 is 0. The zero-order chi connectivity index (χ0) is 16.8. The monoisotopic (exact) mass is 318 g/mol. The zero-order valence-electron chi connectivity index (χ0n) is 14.7. The molecule has 1 atom stereocenters. The van der Waals surface area contributed by atoms with Crippen LogP contribution in [0, 0.1) is 12.8 Å². The van der Waals surface area contributed by atoms with E-state index >= 15 is 0 Å². The SMILES string of the molecule is Cc1nc(N(C)C)nc2c1COC[C@@]21CCN(C(=O)C(C)C)C1. The van der Waals surface area contributed by atoms with Gasteiger partial charge in [0.2, 0.25) is 11.9 Å². The van der Waals surface area contributed by atoms with Crippen LogP contribution >= 0.6 is 0 Å². The highest BCUT2D eigenvalue weighted by molar-refractivity contribution is 5.78. The van der Waals surface area contributed by atoms with Gasteiger partial charge in [0.15, 0.2) is 0 Å². The maximum absolute atomic E-state index is 12.4. The van der Waals surface area contributed by atoms with Crippen LogP contribution in [0.15, 0.2) is 0 Å². The van der Waals surface area contributed by atoms with E-state index in [-0.39, 0.29) is 17.2 Å². The fourth-order valence-corrected chi connectivity index (χ4v) is 3.55. The molecular weight excluding hydrogens is 292 g/mol. The first-order valence-electron chi connectivity index (χ1n) is 8.26. The number of aryl methyl sites for hydroxylation is 1. The first-order chi connectivity index (χ1) is 10.8. The van der Waals surface area contributed by atoms with Gasteiger partial charge in [-0.05, 0) is 13.3 Å². The minimum Gasteiger partial charge on any atom is -0.376 e. The highest BCUT2D eigenvalue weighted by Crippen LogP contribution is 2.40. The molecule has 0 saturated carbocycles. The summed E-state index contributed by atoms with van der Waals surface area (Å²) in [6, 6.07) is 0. The number of amides is 1. The van der Waals surface area contributed by atoms with Crippen LogP contribution in [0.25, 0.3) is 0 Å². The third-order valence-corrected chi connectivity index (χ3v) is 4.89. The molecule has 2 aliphatic heterocycles. The molecule has 1 fully saturated rings. The van der Waals surface area contributed by atoms with Gasteiger partial charge in [-0.1, -0.05) is 13.8 Å². The number of carbonyl (C=O) groups is 1. The van der Waals surface area contributed by atoms with Gasteiger partial charge in [0.05, 0.1) is 24.3 Å². The fraction of sp³-hybridized carbons (Fsp3) is 0.706. The number of fused-ring (bicyclic) bond motifs is 2. The van der Waals surface area contributed by atoms with Gasteiger partial charge < -0.3 is 14.5 Å². The molecule has 1 aromatic rings. The number of rotatable bonds is 2. The molecule has 1 amide bonds. The quantitative estimate of drug-likeness (QED) is 0.827. The third-order valence-electron chi connectivity index (χ3n) is 4.89. The summed E-state index contributed by atoms with van der Waals surface area (Å²) in [4.78, 5) is 25.7. The van der Waals surface area contributed by atoms with E-state index in [4.69, 9.17) is 9.72 Å². The molecule has 0 N–H and O–H groups in total. The van der Waals surface area contributed by atoms with E-state index < -0.39 is 0 Å². The van der Waals surface area contributed by atoms with Gasteiger partial charge in [-0.2, -0.15) is 0 Å². The van der Waals surface area contributed by atoms with Crippen molar-refractivity contribution in [3.8, 4) is 0 Å². The van der Waals surface area contributed by atoms with Crippen LogP contribution in [0.2, 0.25) is 0 Å². The second kappa shape index (κ2) is 5.74. The maximum atomic E-state index is 12.4. The lowest BCUT2D eigenvalue weighted by molar-refractivity contribution is -0.133. The van der Waals surface area contributed by atoms with E-state index in [1.54, 1.807) is 0 Å². The van der Waals surface area contributed by atoms with E-state index in [1.165, 1.54) is 0 Å². The van der Waals surface area contributed by atoms with Gasteiger partial charge in [-0.15, -0.1) is 0 Å². The number of likely N-dealkylation sites (tertiary alicyclic amines) is 1. The molecule has 6 heteroatoms. The van der Waals surface area contributed by atoms with Crippen LogP contribution in [0.5, 0.6) is 0 Å². The molecule has 0 aromatic carbocycles. The molecule has 0 aliphatic carbocycles. The summed E-state index contributed by atoms with van der Waals surface area (Å²) in [6.45, 7) is 8.59. The Morgan fingerprint density at radius 3 is 2.74 bits per heavy atom. The molecule has 1 spiro atoms. The normalized spacial score (nSPS) is 23.5. The standard InChI is InChI=1S/C17H26N4O2/c1-11(2)15(22)21-7-6-17(9-21)10-23-8-13-12(3)18-16(20(4)5)19-14(13)17/h11H,6-10H2,1-5H3/t17-/m0/s1. The molecule has 0 radical (unpaired) electrons. The van der Waals surface area contributed by atoms with Crippen molar-refractivity contribution in [3.05, 3.63) is 17.0 Å². The lowest BCUT2D eigenvalue weighted by Gasteiger charge is -2.35.